The monoisotopic (exact) mass is 292 g/mol. The Morgan fingerprint density at radius 1 is 1.18 bits per heavy atom. The highest BCUT2D eigenvalue weighted by atomic mass is 79.9. The van der Waals surface area contributed by atoms with E-state index in [1.54, 1.807) is 12.1 Å². The minimum atomic E-state index is -0.211. The molecular formula is C13H10BrFN2. The molecule has 1 aliphatic heterocycles. The van der Waals surface area contributed by atoms with E-state index in [0.717, 1.165) is 34.5 Å². The van der Waals surface area contributed by atoms with Crippen LogP contribution in [-0.2, 0) is 13.1 Å². The molecule has 0 atom stereocenters. The van der Waals surface area contributed by atoms with Crippen molar-refractivity contribution in [2.24, 2.45) is 0 Å². The number of hydrogen-bond donors (Lipinski definition) is 1. The van der Waals surface area contributed by atoms with E-state index in [0.29, 0.717) is 0 Å². The van der Waals surface area contributed by atoms with Gasteiger partial charge in [-0.05, 0) is 50.8 Å². The van der Waals surface area contributed by atoms with Crippen molar-refractivity contribution < 1.29 is 4.39 Å². The van der Waals surface area contributed by atoms with Crippen molar-refractivity contribution in [3.05, 3.63) is 52.0 Å². The van der Waals surface area contributed by atoms with E-state index in [9.17, 15) is 4.39 Å². The number of hydrogen-bond acceptors (Lipinski definition) is 2. The van der Waals surface area contributed by atoms with Gasteiger partial charge in [-0.3, -0.25) is 0 Å². The van der Waals surface area contributed by atoms with Crippen molar-refractivity contribution in [3.8, 4) is 11.1 Å². The Morgan fingerprint density at radius 3 is 2.71 bits per heavy atom. The summed E-state index contributed by atoms with van der Waals surface area (Å²) in [5.74, 6) is -0.211. The highest BCUT2D eigenvalue weighted by molar-refractivity contribution is 9.10. The van der Waals surface area contributed by atoms with E-state index < -0.39 is 0 Å². The molecule has 4 heteroatoms. The second kappa shape index (κ2) is 4.20. The van der Waals surface area contributed by atoms with Crippen LogP contribution in [0.25, 0.3) is 11.1 Å². The largest absolute Gasteiger partial charge is 0.307 e. The Bertz CT molecular complexity index is 566. The number of pyridine rings is 1. The smallest absolute Gasteiger partial charge is 0.123 e. The van der Waals surface area contributed by atoms with Gasteiger partial charge in [0.1, 0.15) is 10.4 Å². The molecule has 0 unspecified atom stereocenters. The molecule has 0 saturated heterocycles. The highest BCUT2D eigenvalue weighted by Crippen LogP contribution is 2.30. The van der Waals surface area contributed by atoms with Crippen LogP contribution in [0, 0.1) is 5.82 Å². The van der Waals surface area contributed by atoms with Gasteiger partial charge in [0.05, 0.1) is 5.69 Å². The summed E-state index contributed by atoms with van der Waals surface area (Å²) in [4.78, 5) is 4.44. The lowest BCUT2D eigenvalue weighted by Crippen LogP contribution is -2.00. The fraction of sp³-hybridized carbons (Fsp3) is 0.154. The Labute approximate surface area is 107 Å². The van der Waals surface area contributed by atoms with Gasteiger partial charge in [-0.25, -0.2) is 9.37 Å². The minimum absolute atomic E-state index is 0.211. The van der Waals surface area contributed by atoms with Crippen LogP contribution in [0.15, 0.2) is 34.9 Å². The predicted octanol–water partition coefficient (Wildman–Crippen LogP) is 3.25. The number of rotatable bonds is 1. The van der Waals surface area contributed by atoms with Gasteiger partial charge in [-0.1, -0.05) is 12.1 Å². The summed E-state index contributed by atoms with van der Waals surface area (Å²) in [5.41, 5.74) is 4.42. The van der Waals surface area contributed by atoms with Gasteiger partial charge in [0.25, 0.3) is 0 Å². The Balaban J connectivity index is 2.17. The van der Waals surface area contributed by atoms with Crippen LogP contribution < -0.4 is 5.32 Å². The fourth-order valence-electron chi connectivity index (χ4n) is 2.13. The van der Waals surface area contributed by atoms with Crippen LogP contribution in [0.5, 0.6) is 0 Å². The molecule has 2 nitrogen and oxygen atoms in total. The maximum absolute atomic E-state index is 12.9. The molecule has 1 N–H and O–H groups in total. The van der Waals surface area contributed by atoms with Crippen LogP contribution in [0.2, 0.25) is 0 Å². The SMILES string of the molecule is Fc1ccc(-c2cc(Br)nc3c2CNC3)cc1. The quantitative estimate of drug-likeness (QED) is 0.816. The van der Waals surface area contributed by atoms with Gasteiger partial charge in [0.15, 0.2) is 0 Å². The van der Waals surface area contributed by atoms with Gasteiger partial charge in [-0.2, -0.15) is 0 Å². The first kappa shape index (κ1) is 10.9. The Morgan fingerprint density at radius 2 is 1.94 bits per heavy atom. The molecule has 1 aliphatic rings. The molecule has 86 valence electrons. The van der Waals surface area contributed by atoms with E-state index >= 15 is 0 Å². The minimum Gasteiger partial charge on any atom is -0.307 e. The molecule has 1 aromatic heterocycles. The lowest BCUT2D eigenvalue weighted by atomic mass is 10.0. The van der Waals surface area contributed by atoms with E-state index in [1.165, 1.54) is 17.7 Å². The molecular weight excluding hydrogens is 283 g/mol. The van der Waals surface area contributed by atoms with Crippen LogP contribution in [0.4, 0.5) is 4.39 Å². The summed E-state index contributed by atoms with van der Waals surface area (Å²) in [6.07, 6.45) is 0. The number of benzene rings is 1. The van der Waals surface area contributed by atoms with Crippen LogP contribution >= 0.6 is 15.9 Å². The summed E-state index contributed by atoms with van der Waals surface area (Å²) in [7, 11) is 0. The average molecular weight is 293 g/mol. The number of halogens is 2. The third-order valence-electron chi connectivity index (χ3n) is 2.93. The molecule has 1 aromatic carbocycles. The lowest BCUT2D eigenvalue weighted by molar-refractivity contribution is 0.628. The second-order valence-corrected chi connectivity index (χ2v) is 4.84. The van der Waals surface area contributed by atoms with Crippen LogP contribution in [0.3, 0.4) is 0 Å². The summed E-state index contributed by atoms with van der Waals surface area (Å²) in [6, 6.07) is 8.56. The third-order valence-corrected chi connectivity index (χ3v) is 3.33. The van der Waals surface area contributed by atoms with Gasteiger partial charge in [0, 0.05) is 13.1 Å². The first-order valence-electron chi connectivity index (χ1n) is 5.39. The fourth-order valence-corrected chi connectivity index (χ4v) is 2.57. The van der Waals surface area contributed by atoms with Crippen molar-refractivity contribution in [1.82, 2.24) is 10.3 Å². The zero-order valence-corrected chi connectivity index (χ0v) is 10.6. The van der Waals surface area contributed by atoms with Crippen molar-refractivity contribution in [2.75, 3.05) is 0 Å². The maximum atomic E-state index is 12.9. The first-order chi connectivity index (χ1) is 8.24. The predicted molar refractivity (Wildman–Crippen MR) is 67.9 cm³/mol. The van der Waals surface area contributed by atoms with Crippen molar-refractivity contribution in [2.45, 2.75) is 13.1 Å². The van der Waals surface area contributed by atoms with Crippen LogP contribution in [-0.4, -0.2) is 4.98 Å². The Hall–Kier alpha value is -1.26. The number of fused-ring (bicyclic) bond motifs is 1. The van der Waals surface area contributed by atoms with Gasteiger partial charge in [0.2, 0.25) is 0 Å². The van der Waals surface area contributed by atoms with Crippen LogP contribution in [0.1, 0.15) is 11.3 Å². The second-order valence-electron chi connectivity index (χ2n) is 4.03. The number of nitrogens with one attached hydrogen (secondary N) is 1. The topological polar surface area (TPSA) is 24.9 Å². The van der Waals surface area contributed by atoms with Gasteiger partial charge >= 0.3 is 0 Å². The summed E-state index contributed by atoms with van der Waals surface area (Å²) < 4.78 is 13.7. The zero-order valence-electron chi connectivity index (χ0n) is 9.00. The molecule has 0 radical (unpaired) electrons. The zero-order chi connectivity index (χ0) is 11.8. The van der Waals surface area contributed by atoms with Crippen molar-refractivity contribution in [3.63, 3.8) is 0 Å². The molecule has 2 heterocycles. The maximum Gasteiger partial charge on any atom is 0.123 e. The molecule has 0 saturated carbocycles. The molecule has 0 amide bonds. The van der Waals surface area contributed by atoms with Crippen molar-refractivity contribution >= 4 is 15.9 Å². The van der Waals surface area contributed by atoms with Gasteiger partial charge in [-0.15, -0.1) is 0 Å². The molecule has 0 spiro atoms. The van der Waals surface area contributed by atoms with E-state index in [1.807, 2.05) is 6.07 Å². The average Bonchev–Trinajstić information content (AvgIpc) is 2.77. The standard InChI is InChI=1S/C13H10BrFN2/c14-13-5-10(8-1-3-9(15)4-2-8)11-6-16-7-12(11)17-13/h1-5,16H,6-7H2. The van der Waals surface area contributed by atoms with Crippen molar-refractivity contribution in [1.29, 1.82) is 0 Å². The molecule has 3 rings (SSSR count). The van der Waals surface area contributed by atoms with E-state index in [2.05, 4.69) is 26.2 Å². The lowest BCUT2D eigenvalue weighted by Gasteiger charge is -2.08. The highest BCUT2D eigenvalue weighted by Gasteiger charge is 2.17. The van der Waals surface area contributed by atoms with Gasteiger partial charge < -0.3 is 5.32 Å². The molecule has 17 heavy (non-hydrogen) atoms. The van der Waals surface area contributed by atoms with E-state index in [4.69, 9.17) is 0 Å². The number of aromatic nitrogens is 1. The summed E-state index contributed by atoms with van der Waals surface area (Å²) in [6.45, 7) is 1.62. The molecule has 2 aromatic rings. The molecule has 0 bridgehead atoms. The molecule has 0 aliphatic carbocycles. The normalized spacial score (nSPS) is 13.8. The number of nitrogens with zero attached hydrogens (tertiary/aromatic N) is 1. The first-order valence-corrected chi connectivity index (χ1v) is 6.18. The summed E-state index contributed by atoms with van der Waals surface area (Å²) >= 11 is 3.41. The van der Waals surface area contributed by atoms with E-state index in [-0.39, 0.29) is 5.82 Å². The third kappa shape index (κ3) is 1.98. The summed E-state index contributed by atoms with van der Waals surface area (Å²) in [5, 5.41) is 3.28. The molecule has 0 fully saturated rings. The Kier molecular flexibility index (Phi) is 2.68.